The summed E-state index contributed by atoms with van der Waals surface area (Å²) in [6, 6.07) is 0. The van der Waals surface area contributed by atoms with Crippen LogP contribution in [0.5, 0.6) is 0 Å². The molecule has 0 aromatic rings. The van der Waals surface area contributed by atoms with Crippen LogP contribution in [0.1, 0.15) is 0 Å². The maximum atomic E-state index is 0. The van der Waals surface area contributed by atoms with Gasteiger partial charge in [0.1, 0.15) is 0 Å². The first-order valence-electron chi connectivity index (χ1n) is 0. The van der Waals surface area contributed by atoms with E-state index in [1.807, 2.05) is 0 Å². The SMILES string of the molecule is [As-3].[As-3].[Ga+3].[Ga+3].[Ga+3].[In+3].[In+3].[In+3].[N-3].[N-3].[SbH6-3].[SbH6-3]. The minimum absolute atomic E-state index is 0. The van der Waals surface area contributed by atoms with Gasteiger partial charge >= 0.3 is 186 Å². The minimum atomic E-state index is 0. The topological polar surface area (TPSA) is 61.0 Å². The van der Waals surface area contributed by atoms with Crippen LogP contribution in [0.25, 0.3) is 12.3 Å². The van der Waals surface area contributed by atoms with E-state index in [2.05, 4.69) is 0 Å². The van der Waals surface area contributed by atoms with Gasteiger partial charge in [-0.2, -0.15) is 0 Å². The molecule has 0 fully saturated rings. The molecule has 0 heterocycles. The van der Waals surface area contributed by atoms with Gasteiger partial charge in [-0.3, -0.25) is 0 Å². The molecule has 60 valence electrons. The van der Waals surface area contributed by atoms with Crippen LogP contribution in [0.2, 0.25) is 0 Å². The van der Waals surface area contributed by atoms with Gasteiger partial charge in [0.2, 0.25) is 0 Å². The van der Waals surface area contributed by atoms with Crippen molar-refractivity contribution in [3.63, 3.8) is 0 Å². The predicted octanol–water partition coefficient (Wildman–Crippen LogP) is -6.44. The molecule has 0 aromatic heterocycles. The van der Waals surface area contributed by atoms with Crippen LogP contribution in [0, 0.1) is 0 Å². The third-order valence-corrected chi connectivity index (χ3v) is 0. The fraction of sp³-hybridized carbons (Fsp3) is 0. The molecule has 0 aliphatic heterocycles. The van der Waals surface area contributed by atoms with Crippen molar-refractivity contribution < 1.29 is 0 Å². The molecule has 0 unspecified atom stereocenters. The molecule has 0 amide bonds. The Hall–Kier alpha value is 7.19. The first-order chi connectivity index (χ1) is 0. The van der Waals surface area contributed by atoms with Crippen LogP contribution < -0.4 is 0 Å². The first kappa shape index (κ1) is 123. The van der Waals surface area contributed by atoms with E-state index in [4.69, 9.17) is 0 Å². The van der Waals surface area contributed by atoms with Crippen molar-refractivity contribution in [1.29, 1.82) is 0 Å². The normalized spacial score (nSPS) is 0. The van der Waals surface area contributed by atoms with E-state index in [0.717, 1.165) is 0 Å². The van der Waals surface area contributed by atoms with Crippen LogP contribution in [0.3, 0.4) is 0 Å². The standard InChI is InChI=1S/2As.3Ga.3In.2N.2Sb.12H/q2*-3;6*+3;4*-3;;;;;;;;;;;;. The summed E-state index contributed by atoms with van der Waals surface area (Å²) in [6.07, 6.45) is 0. The van der Waals surface area contributed by atoms with E-state index in [9.17, 15) is 0 Å². The molecule has 0 spiro atoms. The summed E-state index contributed by atoms with van der Waals surface area (Å²) in [5.74, 6) is 0. The van der Waals surface area contributed by atoms with E-state index < -0.39 is 0 Å². The number of hydrogen-bond acceptors (Lipinski definition) is 0. The summed E-state index contributed by atoms with van der Waals surface area (Å²) in [5.41, 5.74) is 0. The zero-order valence-electron chi connectivity index (χ0n) is 5.25. The fourth-order valence-corrected chi connectivity index (χ4v) is 0. The van der Waals surface area contributed by atoms with E-state index in [1.165, 1.54) is 0 Å². The van der Waals surface area contributed by atoms with E-state index in [1.54, 1.807) is 0 Å². The molecule has 0 atom stereocenters. The Labute approximate surface area is 228 Å². The van der Waals surface area contributed by atoms with Crippen LogP contribution >= 0.6 is 0 Å². The second kappa shape index (κ2) is 104. The third kappa shape index (κ3) is 87.1. The molecule has 0 aliphatic carbocycles. The van der Waals surface area contributed by atoms with Gasteiger partial charge in [0.05, 0.1) is 0 Å². The van der Waals surface area contributed by atoms with Crippen LogP contribution in [0.15, 0.2) is 0 Å². The molecule has 0 radical (unpaired) electrons. The van der Waals surface area contributed by atoms with Gasteiger partial charge in [-0.15, -0.1) is 0 Å². The van der Waals surface area contributed by atoms with E-state index in [0.29, 0.717) is 0 Å². The van der Waals surface area contributed by atoms with E-state index >= 15 is 0 Å². The van der Waals surface area contributed by atoms with Gasteiger partial charge in [-0.1, -0.05) is 0 Å². The first-order valence-corrected chi connectivity index (χ1v) is 0. The average molecular weight is 987 g/mol. The van der Waals surface area contributed by atoms with Gasteiger partial charge in [-0.25, -0.2) is 0 Å². The van der Waals surface area contributed by atoms with Gasteiger partial charge in [0, 0.05) is 0 Å². The summed E-state index contributed by atoms with van der Waals surface area (Å²) in [4.78, 5) is 0. The summed E-state index contributed by atoms with van der Waals surface area (Å²) in [6.45, 7) is 0. The quantitative estimate of drug-likeness (QED) is 0.218. The van der Waals surface area contributed by atoms with Crippen LogP contribution in [0.4, 0.5) is 0 Å². The van der Waals surface area contributed by atoms with Crippen molar-refractivity contribution >= 4 is 222 Å². The summed E-state index contributed by atoms with van der Waals surface area (Å²) in [7, 11) is 0. The van der Waals surface area contributed by atoms with Crippen molar-refractivity contribution in [3.05, 3.63) is 12.3 Å². The predicted molar refractivity (Wildman–Crippen MR) is 81.0 cm³/mol. The zero-order valence-corrected chi connectivity index (χ0v) is 26.2. The monoisotopic (exact) mass is 983 g/mol. The molecule has 0 saturated carbocycles. The Bertz CT molecular complexity index is 27.5. The van der Waals surface area contributed by atoms with Crippen LogP contribution in [-0.2, 0) is 0 Å². The second-order valence-corrected chi connectivity index (χ2v) is 0. The number of rotatable bonds is 0. The summed E-state index contributed by atoms with van der Waals surface area (Å²) in [5, 5.41) is 0. The van der Waals surface area contributed by atoms with Gasteiger partial charge in [0.25, 0.3) is 0 Å². The Morgan fingerprint density at radius 1 is 0.417 bits per heavy atom. The molecule has 0 N–H and O–H groups in total. The van der Waals surface area contributed by atoms with Gasteiger partial charge < -0.3 is 48.2 Å². The summed E-state index contributed by atoms with van der Waals surface area (Å²) >= 11 is 0. The number of nitrogens with zero attached hydrogens (tertiary/aromatic N) is 2. The van der Waals surface area contributed by atoms with Crippen LogP contribution in [-0.4, -0.2) is 222 Å². The number of hydrogen-bond donors (Lipinski definition) is 0. The zero-order chi connectivity index (χ0) is 0. The van der Waals surface area contributed by atoms with Crippen molar-refractivity contribution in [3.8, 4) is 0 Å². The summed E-state index contributed by atoms with van der Waals surface area (Å²) < 4.78 is 0. The maximum absolute atomic E-state index is 0. The van der Waals surface area contributed by atoms with Crippen molar-refractivity contribution in [2.75, 3.05) is 0 Å². The Balaban J connectivity index is 0. The third-order valence-electron chi connectivity index (χ3n) is 0. The average Bonchev–Trinajstić information content (AvgIpc) is 0. The second-order valence-electron chi connectivity index (χ2n) is 0. The van der Waals surface area contributed by atoms with Gasteiger partial charge in [-0.05, 0) is 0 Å². The molecular weight excluding hydrogens is 975 g/mol. The van der Waals surface area contributed by atoms with E-state index in [-0.39, 0.29) is 234 Å². The molecule has 0 aromatic carbocycles. The molecular formula is H12As2Ga3In3N2Sb2. The molecule has 12 heteroatoms. The Morgan fingerprint density at radius 2 is 0.417 bits per heavy atom. The van der Waals surface area contributed by atoms with Crippen molar-refractivity contribution in [1.82, 2.24) is 0 Å². The molecule has 12 heavy (non-hydrogen) atoms. The molecule has 0 bridgehead atoms. The fourth-order valence-electron chi connectivity index (χ4n) is 0. The Morgan fingerprint density at radius 3 is 0.417 bits per heavy atom. The molecule has 0 rings (SSSR count). The molecule has 0 aliphatic rings. The van der Waals surface area contributed by atoms with Gasteiger partial charge in [0.15, 0.2) is 0 Å². The molecule has 0 saturated heterocycles. The van der Waals surface area contributed by atoms with Crippen molar-refractivity contribution in [2.45, 2.75) is 0 Å². The van der Waals surface area contributed by atoms with Crippen molar-refractivity contribution in [2.24, 2.45) is 0 Å². The molecule has 2 nitrogen and oxygen atoms in total. The Kier molecular flexibility index (Phi) is 1060.